The van der Waals surface area contributed by atoms with E-state index < -0.39 is 0 Å². The summed E-state index contributed by atoms with van der Waals surface area (Å²) in [5.41, 5.74) is 4.32. The van der Waals surface area contributed by atoms with Crippen LogP contribution in [0.5, 0.6) is 0 Å². The van der Waals surface area contributed by atoms with Crippen LogP contribution in [-0.2, 0) is 13.5 Å². The molecule has 1 fully saturated rings. The monoisotopic (exact) mass is 242 g/mol. The number of aromatic nitrogens is 1. The average Bonchev–Trinajstić information content (AvgIpc) is 2.77. The Bertz CT molecular complexity index is 547. The SMILES string of the molecule is CCc1cccc2cc(C3CCCCN3)n(C)c12. The van der Waals surface area contributed by atoms with Gasteiger partial charge in [-0.1, -0.05) is 31.5 Å². The molecule has 1 N–H and O–H groups in total. The Labute approximate surface area is 109 Å². The van der Waals surface area contributed by atoms with E-state index in [0.29, 0.717) is 6.04 Å². The van der Waals surface area contributed by atoms with Crippen molar-refractivity contribution in [3.05, 3.63) is 35.5 Å². The lowest BCUT2D eigenvalue weighted by Crippen LogP contribution is -2.28. The topological polar surface area (TPSA) is 17.0 Å². The summed E-state index contributed by atoms with van der Waals surface area (Å²) >= 11 is 0. The minimum absolute atomic E-state index is 0.542. The number of nitrogens with zero attached hydrogens (tertiary/aromatic N) is 1. The van der Waals surface area contributed by atoms with Crippen molar-refractivity contribution in [2.24, 2.45) is 7.05 Å². The molecule has 3 rings (SSSR count). The molecule has 2 aromatic rings. The van der Waals surface area contributed by atoms with E-state index in [2.05, 4.69) is 48.1 Å². The van der Waals surface area contributed by atoms with Crippen molar-refractivity contribution in [3.8, 4) is 0 Å². The second-order valence-corrected chi connectivity index (χ2v) is 5.34. The maximum Gasteiger partial charge on any atom is 0.0512 e. The van der Waals surface area contributed by atoms with E-state index in [0.717, 1.165) is 13.0 Å². The van der Waals surface area contributed by atoms with Gasteiger partial charge < -0.3 is 9.88 Å². The average molecular weight is 242 g/mol. The third-order valence-corrected chi connectivity index (χ3v) is 4.23. The number of hydrogen-bond acceptors (Lipinski definition) is 1. The molecule has 0 aliphatic carbocycles. The summed E-state index contributed by atoms with van der Waals surface area (Å²) in [5, 5.41) is 5.04. The molecule has 2 heterocycles. The number of benzene rings is 1. The fourth-order valence-electron chi connectivity index (χ4n) is 3.25. The minimum atomic E-state index is 0.542. The fourth-order valence-corrected chi connectivity index (χ4v) is 3.25. The smallest absolute Gasteiger partial charge is 0.0512 e. The molecule has 0 saturated carbocycles. The number of para-hydroxylation sites is 1. The Kier molecular flexibility index (Phi) is 3.13. The molecule has 2 nitrogen and oxygen atoms in total. The van der Waals surface area contributed by atoms with E-state index in [1.54, 1.807) is 0 Å². The fraction of sp³-hybridized carbons (Fsp3) is 0.500. The molecule has 2 heteroatoms. The maximum atomic E-state index is 3.65. The summed E-state index contributed by atoms with van der Waals surface area (Å²) < 4.78 is 2.40. The van der Waals surface area contributed by atoms with E-state index in [-0.39, 0.29) is 0 Å². The zero-order valence-electron chi connectivity index (χ0n) is 11.4. The molecule has 0 spiro atoms. The summed E-state index contributed by atoms with van der Waals surface area (Å²) in [4.78, 5) is 0. The quantitative estimate of drug-likeness (QED) is 0.852. The third kappa shape index (κ3) is 1.85. The Morgan fingerprint density at radius 1 is 1.33 bits per heavy atom. The number of nitrogens with one attached hydrogen (secondary N) is 1. The molecule has 1 unspecified atom stereocenters. The van der Waals surface area contributed by atoms with Gasteiger partial charge in [0.1, 0.15) is 0 Å². The van der Waals surface area contributed by atoms with E-state index in [1.807, 2.05) is 0 Å². The summed E-state index contributed by atoms with van der Waals surface area (Å²) in [5.74, 6) is 0. The van der Waals surface area contributed by atoms with Crippen molar-refractivity contribution in [2.45, 2.75) is 38.6 Å². The Morgan fingerprint density at radius 2 is 2.22 bits per heavy atom. The zero-order valence-corrected chi connectivity index (χ0v) is 11.4. The first kappa shape index (κ1) is 11.8. The summed E-state index contributed by atoms with van der Waals surface area (Å²) in [6.07, 6.45) is 5.04. The predicted molar refractivity (Wildman–Crippen MR) is 76.9 cm³/mol. The molecule has 0 radical (unpaired) electrons. The highest BCUT2D eigenvalue weighted by Crippen LogP contribution is 2.30. The molecule has 18 heavy (non-hydrogen) atoms. The van der Waals surface area contributed by atoms with Gasteiger partial charge in [-0.2, -0.15) is 0 Å². The van der Waals surface area contributed by atoms with Gasteiger partial charge in [-0.15, -0.1) is 0 Å². The first-order valence-electron chi connectivity index (χ1n) is 7.12. The van der Waals surface area contributed by atoms with Crippen LogP contribution in [0, 0.1) is 0 Å². The first-order valence-corrected chi connectivity index (χ1v) is 7.12. The lowest BCUT2D eigenvalue weighted by molar-refractivity contribution is 0.399. The van der Waals surface area contributed by atoms with Gasteiger partial charge in [0.25, 0.3) is 0 Å². The molecule has 1 aliphatic heterocycles. The molecule has 1 aromatic heterocycles. The van der Waals surface area contributed by atoms with Crippen LogP contribution < -0.4 is 5.32 Å². The van der Waals surface area contributed by atoms with E-state index in [1.165, 1.54) is 41.4 Å². The van der Waals surface area contributed by atoms with Crippen LogP contribution in [-0.4, -0.2) is 11.1 Å². The molecule has 1 aromatic carbocycles. The predicted octanol–water partition coefficient (Wildman–Crippen LogP) is 3.56. The molecule has 0 amide bonds. The Morgan fingerprint density at radius 3 is 2.94 bits per heavy atom. The maximum absolute atomic E-state index is 3.65. The van der Waals surface area contributed by atoms with E-state index in [4.69, 9.17) is 0 Å². The number of piperidine rings is 1. The van der Waals surface area contributed by atoms with Crippen LogP contribution >= 0.6 is 0 Å². The highest BCUT2D eigenvalue weighted by Gasteiger charge is 2.19. The van der Waals surface area contributed by atoms with E-state index >= 15 is 0 Å². The number of hydrogen-bond donors (Lipinski definition) is 1. The van der Waals surface area contributed by atoms with Gasteiger partial charge in [0.2, 0.25) is 0 Å². The van der Waals surface area contributed by atoms with Crippen molar-refractivity contribution >= 4 is 10.9 Å². The van der Waals surface area contributed by atoms with Crippen LogP contribution in [0.15, 0.2) is 24.3 Å². The molecule has 1 aliphatic rings. The van der Waals surface area contributed by atoms with Crippen molar-refractivity contribution < 1.29 is 0 Å². The molecule has 1 saturated heterocycles. The normalized spacial score (nSPS) is 20.4. The molecular weight excluding hydrogens is 220 g/mol. The molecular formula is C16H22N2. The number of aryl methyl sites for hydroxylation is 2. The van der Waals surface area contributed by atoms with Gasteiger partial charge in [0, 0.05) is 24.2 Å². The van der Waals surface area contributed by atoms with Crippen LogP contribution in [0.25, 0.3) is 10.9 Å². The second kappa shape index (κ2) is 4.77. The van der Waals surface area contributed by atoms with Crippen molar-refractivity contribution in [2.75, 3.05) is 6.54 Å². The van der Waals surface area contributed by atoms with Gasteiger partial charge >= 0.3 is 0 Å². The van der Waals surface area contributed by atoms with Gasteiger partial charge in [-0.3, -0.25) is 0 Å². The van der Waals surface area contributed by atoms with Crippen LogP contribution in [0.1, 0.15) is 43.5 Å². The largest absolute Gasteiger partial charge is 0.346 e. The standard InChI is InChI=1S/C16H22N2/c1-3-12-7-6-8-13-11-15(18(2)16(12)13)14-9-4-5-10-17-14/h6-8,11,14,17H,3-5,9-10H2,1-2H3. The number of rotatable bonds is 2. The van der Waals surface area contributed by atoms with Gasteiger partial charge in [-0.05, 0) is 37.4 Å². The third-order valence-electron chi connectivity index (χ3n) is 4.23. The number of fused-ring (bicyclic) bond motifs is 1. The van der Waals surface area contributed by atoms with Crippen LogP contribution in [0.4, 0.5) is 0 Å². The van der Waals surface area contributed by atoms with Gasteiger partial charge in [0.05, 0.1) is 5.52 Å². The second-order valence-electron chi connectivity index (χ2n) is 5.34. The highest BCUT2D eigenvalue weighted by atomic mass is 15.0. The summed E-state index contributed by atoms with van der Waals surface area (Å²) in [6, 6.07) is 9.58. The zero-order chi connectivity index (χ0) is 12.5. The van der Waals surface area contributed by atoms with Crippen LogP contribution in [0.3, 0.4) is 0 Å². The minimum Gasteiger partial charge on any atom is -0.346 e. The summed E-state index contributed by atoms with van der Waals surface area (Å²) in [7, 11) is 2.22. The van der Waals surface area contributed by atoms with E-state index in [9.17, 15) is 0 Å². The Balaban J connectivity index is 2.10. The molecule has 96 valence electrons. The van der Waals surface area contributed by atoms with Gasteiger partial charge in [0.15, 0.2) is 0 Å². The highest BCUT2D eigenvalue weighted by molar-refractivity contribution is 5.84. The molecule has 0 bridgehead atoms. The lowest BCUT2D eigenvalue weighted by atomic mass is 10.0. The lowest BCUT2D eigenvalue weighted by Gasteiger charge is -2.24. The van der Waals surface area contributed by atoms with Crippen LogP contribution in [0.2, 0.25) is 0 Å². The molecule has 1 atom stereocenters. The summed E-state index contributed by atoms with van der Waals surface area (Å²) in [6.45, 7) is 3.40. The Hall–Kier alpha value is -1.28. The van der Waals surface area contributed by atoms with Gasteiger partial charge in [-0.25, -0.2) is 0 Å². The first-order chi connectivity index (χ1) is 8.81. The van der Waals surface area contributed by atoms with Crippen molar-refractivity contribution in [1.29, 1.82) is 0 Å². The van der Waals surface area contributed by atoms with Crippen molar-refractivity contribution in [1.82, 2.24) is 9.88 Å². The van der Waals surface area contributed by atoms with Crippen molar-refractivity contribution in [3.63, 3.8) is 0 Å².